The Morgan fingerprint density at radius 3 is 2.66 bits per heavy atom. The van der Waals surface area contributed by atoms with Gasteiger partial charge in [-0.2, -0.15) is 0 Å². The van der Waals surface area contributed by atoms with E-state index >= 15 is 0 Å². The van der Waals surface area contributed by atoms with Crippen molar-refractivity contribution >= 4 is 11.8 Å². The van der Waals surface area contributed by atoms with Crippen LogP contribution in [0.3, 0.4) is 0 Å². The van der Waals surface area contributed by atoms with Crippen LogP contribution in [0.2, 0.25) is 0 Å². The van der Waals surface area contributed by atoms with Gasteiger partial charge in [0.25, 0.3) is 5.91 Å². The zero-order valence-corrected chi connectivity index (χ0v) is 18.4. The second kappa shape index (κ2) is 9.64. The van der Waals surface area contributed by atoms with E-state index in [9.17, 15) is 9.59 Å². The van der Waals surface area contributed by atoms with Crippen LogP contribution < -0.4 is 10.1 Å². The number of aromatic nitrogens is 1. The summed E-state index contributed by atoms with van der Waals surface area (Å²) in [6.07, 6.45) is 4.15. The predicted octanol–water partition coefficient (Wildman–Crippen LogP) is 3.50. The number of hydrogen-bond acceptors (Lipinski definition) is 4. The third kappa shape index (κ3) is 4.64. The van der Waals surface area contributed by atoms with Crippen LogP contribution in [0.25, 0.3) is 11.1 Å². The van der Waals surface area contributed by atoms with E-state index < -0.39 is 0 Å². The van der Waals surface area contributed by atoms with Crippen LogP contribution in [0.15, 0.2) is 67.0 Å². The van der Waals surface area contributed by atoms with Gasteiger partial charge in [0, 0.05) is 32.0 Å². The molecule has 1 atom stereocenters. The Kier molecular flexibility index (Phi) is 6.50. The first-order valence-electron chi connectivity index (χ1n) is 10.8. The van der Waals surface area contributed by atoms with Gasteiger partial charge in [-0.25, -0.2) is 0 Å². The molecule has 0 radical (unpaired) electrons. The number of benzene rings is 2. The van der Waals surface area contributed by atoms with Crippen LogP contribution in [0.1, 0.15) is 21.5 Å². The normalized spacial score (nSPS) is 16.2. The monoisotopic (exact) mass is 429 g/mol. The molecular formula is C26H27N3O3. The minimum absolute atomic E-state index is 0.0205. The predicted molar refractivity (Wildman–Crippen MR) is 124 cm³/mol. The second-order valence-electron chi connectivity index (χ2n) is 8.04. The van der Waals surface area contributed by atoms with Crippen LogP contribution in [0.4, 0.5) is 0 Å². The summed E-state index contributed by atoms with van der Waals surface area (Å²) in [5.74, 6) is 0.136. The second-order valence-corrected chi connectivity index (χ2v) is 8.04. The number of para-hydroxylation sites is 1. The molecule has 2 heterocycles. The van der Waals surface area contributed by atoms with Gasteiger partial charge in [0.2, 0.25) is 5.91 Å². The highest BCUT2D eigenvalue weighted by Crippen LogP contribution is 2.26. The molecular weight excluding hydrogens is 402 g/mol. The molecule has 4 rings (SSSR count). The molecule has 32 heavy (non-hydrogen) atoms. The molecule has 1 aliphatic heterocycles. The Morgan fingerprint density at radius 1 is 1.12 bits per heavy atom. The van der Waals surface area contributed by atoms with E-state index in [0.29, 0.717) is 37.4 Å². The van der Waals surface area contributed by atoms with Crippen molar-refractivity contribution in [3.63, 3.8) is 0 Å². The van der Waals surface area contributed by atoms with Crippen LogP contribution in [0, 0.1) is 12.8 Å². The standard InChI is InChI=1S/C26H27N3O3/c1-18-5-3-7-23(24(18)32-2)26(31)29-14-13-28-25(30)22(17-29)15-19-8-10-20(11-9-19)21-6-4-12-27-16-21/h3-12,16,22H,13-15,17H2,1-2H3,(H,28,30). The number of nitrogens with one attached hydrogen (secondary N) is 1. The molecule has 3 aromatic rings. The molecule has 0 saturated carbocycles. The molecule has 6 heteroatoms. The first-order chi connectivity index (χ1) is 15.6. The van der Waals surface area contributed by atoms with Gasteiger partial charge in [-0.3, -0.25) is 14.6 Å². The summed E-state index contributed by atoms with van der Waals surface area (Å²) < 4.78 is 5.48. The van der Waals surface area contributed by atoms with E-state index in [1.807, 2.05) is 61.7 Å². The Balaban J connectivity index is 1.51. The van der Waals surface area contributed by atoms with Crippen LogP contribution >= 0.6 is 0 Å². The maximum absolute atomic E-state index is 13.3. The van der Waals surface area contributed by atoms with Gasteiger partial charge in [0.05, 0.1) is 18.6 Å². The highest BCUT2D eigenvalue weighted by Gasteiger charge is 2.29. The van der Waals surface area contributed by atoms with Gasteiger partial charge in [0.1, 0.15) is 5.75 Å². The van der Waals surface area contributed by atoms with E-state index in [1.54, 1.807) is 24.3 Å². The number of amides is 2. The smallest absolute Gasteiger partial charge is 0.257 e. The number of pyridine rings is 1. The topological polar surface area (TPSA) is 71.5 Å². The van der Waals surface area contributed by atoms with Gasteiger partial charge < -0.3 is 15.0 Å². The highest BCUT2D eigenvalue weighted by atomic mass is 16.5. The van der Waals surface area contributed by atoms with Crippen molar-refractivity contribution in [2.45, 2.75) is 13.3 Å². The van der Waals surface area contributed by atoms with Gasteiger partial charge in [-0.1, -0.05) is 42.5 Å². The lowest BCUT2D eigenvalue weighted by atomic mass is 9.96. The molecule has 0 bridgehead atoms. The summed E-state index contributed by atoms with van der Waals surface area (Å²) in [5.41, 5.74) is 4.62. The Morgan fingerprint density at radius 2 is 1.94 bits per heavy atom. The maximum Gasteiger partial charge on any atom is 0.257 e. The zero-order valence-electron chi connectivity index (χ0n) is 18.4. The van der Waals surface area contributed by atoms with Crippen molar-refractivity contribution in [2.75, 3.05) is 26.7 Å². The van der Waals surface area contributed by atoms with Crippen molar-refractivity contribution in [3.8, 4) is 16.9 Å². The van der Waals surface area contributed by atoms with Gasteiger partial charge >= 0.3 is 0 Å². The summed E-state index contributed by atoms with van der Waals surface area (Å²) >= 11 is 0. The molecule has 2 amide bonds. The minimum atomic E-state index is -0.318. The summed E-state index contributed by atoms with van der Waals surface area (Å²) in [5, 5.41) is 2.96. The average molecular weight is 430 g/mol. The average Bonchev–Trinajstić information content (AvgIpc) is 3.01. The summed E-state index contributed by atoms with van der Waals surface area (Å²) in [7, 11) is 1.57. The number of carbonyl (C=O) groups excluding carboxylic acids is 2. The SMILES string of the molecule is COc1c(C)cccc1C(=O)N1CCNC(=O)C(Cc2ccc(-c3cccnc3)cc2)C1. The third-order valence-electron chi connectivity index (χ3n) is 5.86. The number of aryl methyl sites for hydroxylation is 1. The molecule has 1 fully saturated rings. The maximum atomic E-state index is 13.3. The van der Waals surface area contributed by atoms with Crippen molar-refractivity contribution in [2.24, 2.45) is 5.92 Å². The fourth-order valence-electron chi connectivity index (χ4n) is 4.15. The summed E-state index contributed by atoms with van der Waals surface area (Å²) in [6, 6.07) is 17.6. The Hall–Kier alpha value is -3.67. The van der Waals surface area contributed by atoms with Gasteiger partial charge in [0.15, 0.2) is 0 Å². The molecule has 1 saturated heterocycles. The molecule has 6 nitrogen and oxygen atoms in total. The van der Waals surface area contributed by atoms with E-state index in [4.69, 9.17) is 4.74 Å². The quantitative estimate of drug-likeness (QED) is 0.674. The number of hydrogen-bond donors (Lipinski definition) is 1. The number of carbonyl (C=O) groups is 2. The minimum Gasteiger partial charge on any atom is -0.496 e. The fraction of sp³-hybridized carbons (Fsp3) is 0.269. The molecule has 1 aromatic heterocycles. The van der Waals surface area contributed by atoms with Crippen LogP contribution in [-0.2, 0) is 11.2 Å². The van der Waals surface area contributed by atoms with Crippen molar-refractivity contribution in [1.29, 1.82) is 0 Å². The number of nitrogens with zero attached hydrogens (tertiary/aromatic N) is 2. The molecule has 1 unspecified atom stereocenters. The van der Waals surface area contributed by atoms with Crippen LogP contribution in [0.5, 0.6) is 5.75 Å². The first-order valence-corrected chi connectivity index (χ1v) is 10.8. The highest BCUT2D eigenvalue weighted by molar-refractivity contribution is 5.98. The lowest BCUT2D eigenvalue weighted by molar-refractivity contribution is -0.124. The lowest BCUT2D eigenvalue weighted by Crippen LogP contribution is -2.37. The Labute approximate surface area is 188 Å². The molecule has 164 valence electrons. The van der Waals surface area contributed by atoms with Gasteiger partial charge in [-0.05, 0) is 47.7 Å². The van der Waals surface area contributed by atoms with Crippen molar-refractivity contribution in [1.82, 2.24) is 15.2 Å². The van der Waals surface area contributed by atoms with Crippen LogP contribution in [-0.4, -0.2) is 48.4 Å². The largest absolute Gasteiger partial charge is 0.496 e. The Bertz CT molecular complexity index is 1100. The number of rotatable bonds is 5. The molecule has 0 spiro atoms. The zero-order chi connectivity index (χ0) is 22.5. The number of ether oxygens (including phenoxy) is 1. The van der Waals surface area contributed by atoms with Gasteiger partial charge in [-0.15, -0.1) is 0 Å². The molecule has 1 aliphatic rings. The summed E-state index contributed by atoms with van der Waals surface area (Å²) in [4.78, 5) is 31.9. The molecule has 2 aromatic carbocycles. The first kappa shape index (κ1) is 21.6. The third-order valence-corrected chi connectivity index (χ3v) is 5.86. The fourth-order valence-corrected chi connectivity index (χ4v) is 4.15. The van der Waals surface area contributed by atoms with Crippen molar-refractivity contribution < 1.29 is 14.3 Å². The van der Waals surface area contributed by atoms with Crippen molar-refractivity contribution in [3.05, 3.63) is 83.7 Å². The lowest BCUT2D eigenvalue weighted by Gasteiger charge is -2.24. The molecule has 1 N–H and O–H groups in total. The number of methoxy groups -OCH3 is 1. The summed E-state index contributed by atoms with van der Waals surface area (Å²) in [6.45, 7) is 3.19. The van der Waals surface area contributed by atoms with E-state index in [0.717, 1.165) is 22.3 Å². The molecule has 0 aliphatic carbocycles. The van der Waals surface area contributed by atoms with E-state index in [2.05, 4.69) is 10.3 Å². The van der Waals surface area contributed by atoms with E-state index in [1.165, 1.54) is 0 Å². The van der Waals surface area contributed by atoms with E-state index in [-0.39, 0.29) is 17.7 Å².